The first-order valence-corrected chi connectivity index (χ1v) is 9.04. The van der Waals surface area contributed by atoms with Gasteiger partial charge < -0.3 is 9.47 Å². The second kappa shape index (κ2) is 8.12. The summed E-state index contributed by atoms with van der Waals surface area (Å²) in [7, 11) is -2.09. The molecular formula is C14H22BrNO4S. The van der Waals surface area contributed by atoms with Crippen molar-refractivity contribution in [1.82, 2.24) is 4.31 Å². The monoisotopic (exact) mass is 379 g/mol. The molecule has 1 aromatic rings. The summed E-state index contributed by atoms with van der Waals surface area (Å²) in [6.45, 7) is 6.56. The number of methoxy groups -OCH3 is 1. The Labute approximate surface area is 135 Å². The van der Waals surface area contributed by atoms with Crippen LogP contribution in [-0.4, -0.2) is 45.6 Å². The SMILES string of the molecule is CCOc1ccc(Br)cc1S(=O)(=O)N(CC)[C@@H](C)COC. The van der Waals surface area contributed by atoms with Gasteiger partial charge in [0, 0.05) is 24.2 Å². The van der Waals surface area contributed by atoms with Crippen molar-refractivity contribution in [3.63, 3.8) is 0 Å². The van der Waals surface area contributed by atoms with Crippen molar-refractivity contribution in [3.05, 3.63) is 22.7 Å². The van der Waals surface area contributed by atoms with E-state index in [2.05, 4.69) is 15.9 Å². The van der Waals surface area contributed by atoms with Gasteiger partial charge in [-0.3, -0.25) is 0 Å². The van der Waals surface area contributed by atoms with Crippen LogP contribution >= 0.6 is 15.9 Å². The Hall–Kier alpha value is -0.630. The van der Waals surface area contributed by atoms with E-state index in [4.69, 9.17) is 9.47 Å². The molecule has 0 radical (unpaired) electrons. The van der Waals surface area contributed by atoms with E-state index in [0.717, 1.165) is 0 Å². The van der Waals surface area contributed by atoms with Crippen LogP contribution in [0.5, 0.6) is 5.75 Å². The van der Waals surface area contributed by atoms with Gasteiger partial charge in [0.15, 0.2) is 0 Å². The van der Waals surface area contributed by atoms with Gasteiger partial charge in [0.1, 0.15) is 10.6 Å². The van der Waals surface area contributed by atoms with Crippen LogP contribution in [0.1, 0.15) is 20.8 Å². The third kappa shape index (κ3) is 4.42. The maximum absolute atomic E-state index is 12.9. The molecule has 120 valence electrons. The molecule has 0 fully saturated rings. The van der Waals surface area contributed by atoms with Crippen molar-refractivity contribution < 1.29 is 17.9 Å². The quantitative estimate of drug-likeness (QED) is 0.696. The summed E-state index contributed by atoms with van der Waals surface area (Å²) in [6.07, 6.45) is 0. The maximum atomic E-state index is 12.9. The van der Waals surface area contributed by atoms with Gasteiger partial charge in [0.2, 0.25) is 10.0 Å². The van der Waals surface area contributed by atoms with Crippen molar-refractivity contribution in [2.24, 2.45) is 0 Å². The number of ether oxygens (including phenoxy) is 2. The molecule has 1 aromatic carbocycles. The van der Waals surface area contributed by atoms with Crippen LogP contribution in [0.4, 0.5) is 0 Å². The summed E-state index contributed by atoms with van der Waals surface area (Å²) in [5, 5.41) is 0. The Morgan fingerprint density at radius 3 is 2.52 bits per heavy atom. The Balaban J connectivity index is 3.30. The van der Waals surface area contributed by atoms with E-state index >= 15 is 0 Å². The molecule has 0 bridgehead atoms. The van der Waals surface area contributed by atoms with Crippen molar-refractivity contribution in [2.45, 2.75) is 31.7 Å². The van der Waals surface area contributed by atoms with Gasteiger partial charge in [0.05, 0.1) is 13.2 Å². The summed E-state index contributed by atoms with van der Waals surface area (Å²) >= 11 is 3.32. The number of nitrogens with zero attached hydrogens (tertiary/aromatic N) is 1. The molecule has 0 unspecified atom stereocenters. The number of likely N-dealkylation sites (N-methyl/N-ethyl adjacent to an activating group) is 1. The van der Waals surface area contributed by atoms with Crippen molar-refractivity contribution in [1.29, 1.82) is 0 Å². The van der Waals surface area contributed by atoms with Crippen LogP contribution < -0.4 is 4.74 Å². The fraction of sp³-hybridized carbons (Fsp3) is 0.571. The topological polar surface area (TPSA) is 55.8 Å². The van der Waals surface area contributed by atoms with Crippen LogP contribution in [0, 0.1) is 0 Å². The summed E-state index contributed by atoms with van der Waals surface area (Å²) in [5.41, 5.74) is 0. The van der Waals surface area contributed by atoms with Gasteiger partial charge in [-0.05, 0) is 32.0 Å². The zero-order valence-electron chi connectivity index (χ0n) is 12.8. The van der Waals surface area contributed by atoms with Crippen molar-refractivity contribution in [3.8, 4) is 5.75 Å². The lowest BCUT2D eigenvalue weighted by molar-refractivity contribution is 0.142. The zero-order chi connectivity index (χ0) is 16.0. The third-order valence-electron chi connectivity index (χ3n) is 3.00. The second-order valence-electron chi connectivity index (χ2n) is 4.54. The fourth-order valence-corrected chi connectivity index (χ4v) is 4.42. The molecule has 0 saturated heterocycles. The second-order valence-corrected chi connectivity index (χ2v) is 7.31. The maximum Gasteiger partial charge on any atom is 0.247 e. The number of rotatable bonds is 8. The van der Waals surface area contributed by atoms with E-state index in [1.165, 1.54) is 4.31 Å². The molecule has 0 aliphatic carbocycles. The largest absolute Gasteiger partial charge is 0.492 e. The molecule has 0 N–H and O–H groups in total. The Morgan fingerprint density at radius 1 is 1.33 bits per heavy atom. The number of halogens is 1. The number of hydrogen-bond donors (Lipinski definition) is 0. The summed E-state index contributed by atoms with van der Waals surface area (Å²) in [5.74, 6) is 0.365. The molecule has 7 heteroatoms. The molecule has 0 aliphatic heterocycles. The highest BCUT2D eigenvalue weighted by Crippen LogP contribution is 2.30. The van der Waals surface area contributed by atoms with E-state index < -0.39 is 10.0 Å². The lowest BCUT2D eigenvalue weighted by Crippen LogP contribution is -2.41. The molecule has 0 saturated carbocycles. The highest BCUT2D eigenvalue weighted by Gasteiger charge is 2.30. The molecular weight excluding hydrogens is 358 g/mol. The van der Waals surface area contributed by atoms with Crippen LogP contribution in [0.25, 0.3) is 0 Å². The highest BCUT2D eigenvalue weighted by molar-refractivity contribution is 9.10. The summed E-state index contributed by atoms with van der Waals surface area (Å²) < 4.78 is 38.4. The Kier molecular flexibility index (Phi) is 7.12. The average Bonchev–Trinajstić information content (AvgIpc) is 2.41. The van der Waals surface area contributed by atoms with E-state index in [1.807, 2.05) is 20.8 Å². The lowest BCUT2D eigenvalue weighted by atomic mass is 10.3. The van der Waals surface area contributed by atoms with E-state index in [9.17, 15) is 8.42 Å². The zero-order valence-corrected chi connectivity index (χ0v) is 15.2. The van der Waals surface area contributed by atoms with Crippen LogP contribution in [0.3, 0.4) is 0 Å². The standard InChI is InChI=1S/C14H22BrNO4S/c1-5-16(11(3)10-19-4)21(17,18)14-9-12(15)7-8-13(14)20-6-2/h7-9,11H,5-6,10H2,1-4H3/t11-/m0/s1. The molecule has 1 atom stereocenters. The van der Waals surface area contributed by atoms with Crippen molar-refractivity contribution >= 4 is 26.0 Å². The van der Waals surface area contributed by atoms with Gasteiger partial charge in [-0.1, -0.05) is 22.9 Å². The lowest BCUT2D eigenvalue weighted by Gasteiger charge is -2.27. The smallest absolute Gasteiger partial charge is 0.247 e. The molecule has 5 nitrogen and oxygen atoms in total. The van der Waals surface area contributed by atoms with Gasteiger partial charge in [-0.15, -0.1) is 0 Å². The Morgan fingerprint density at radius 2 is 2.00 bits per heavy atom. The number of hydrogen-bond acceptors (Lipinski definition) is 4. The molecule has 0 heterocycles. The minimum atomic E-state index is -3.65. The summed E-state index contributed by atoms with van der Waals surface area (Å²) in [6, 6.07) is 4.75. The van der Waals surface area contributed by atoms with Gasteiger partial charge in [-0.25, -0.2) is 8.42 Å². The normalized spacial score (nSPS) is 13.4. The van der Waals surface area contributed by atoms with E-state index in [0.29, 0.717) is 30.0 Å². The average molecular weight is 380 g/mol. The number of sulfonamides is 1. The first kappa shape index (κ1) is 18.4. The third-order valence-corrected chi connectivity index (χ3v) is 5.61. The van der Waals surface area contributed by atoms with E-state index in [-0.39, 0.29) is 10.9 Å². The molecule has 21 heavy (non-hydrogen) atoms. The molecule has 1 rings (SSSR count). The predicted molar refractivity (Wildman–Crippen MR) is 86.2 cm³/mol. The first-order valence-electron chi connectivity index (χ1n) is 6.81. The van der Waals surface area contributed by atoms with Crippen molar-refractivity contribution in [2.75, 3.05) is 26.9 Å². The van der Waals surface area contributed by atoms with Gasteiger partial charge in [0.25, 0.3) is 0 Å². The van der Waals surface area contributed by atoms with Gasteiger partial charge >= 0.3 is 0 Å². The molecule has 0 aliphatic rings. The highest BCUT2D eigenvalue weighted by atomic mass is 79.9. The fourth-order valence-electron chi connectivity index (χ4n) is 2.13. The van der Waals surface area contributed by atoms with E-state index in [1.54, 1.807) is 25.3 Å². The molecule has 0 aromatic heterocycles. The first-order chi connectivity index (χ1) is 9.88. The van der Waals surface area contributed by atoms with Crippen LogP contribution in [0.2, 0.25) is 0 Å². The minimum absolute atomic E-state index is 0.170. The summed E-state index contributed by atoms with van der Waals surface area (Å²) in [4.78, 5) is 0.170. The minimum Gasteiger partial charge on any atom is -0.492 e. The molecule has 0 spiro atoms. The van der Waals surface area contributed by atoms with Crippen LogP contribution in [0.15, 0.2) is 27.6 Å². The Bertz CT molecular complexity index is 562. The van der Waals surface area contributed by atoms with Crippen LogP contribution in [-0.2, 0) is 14.8 Å². The molecule has 0 amide bonds. The van der Waals surface area contributed by atoms with Gasteiger partial charge in [-0.2, -0.15) is 4.31 Å². The number of benzene rings is 1. The predicted octanol–water partition coefficient (Wildman–Crippen LogP) is 2.89.